The minimum absolute atomic E-state index is 0.00287. The van der Waals surface area contributed by atoms with Crippen molar-refractivity contribution in [1.29, 1.82) is 0 Å². The van der Waals surface area contributed by atoms with Crippen molar-refractivity contribution in [3.63, 3.8) is 0 Å². The molecule has 0 aliphatic rings. The van der Waals surface area contributed by atoms with Crippen molar-refractivity contribution in [3.8, 4) is 11.3 Å². The highest BCUT2D eigenvalue weighted by atomic mass is 32.2. The van der Waals surface area contributed by atoms with Crippen LogP contribution in [-0.2, 0) is 19.9 Å². The predicted octanol–water partition coefficient (Wildman–Crippen LogP) is 5.39. The SMILES string of the molecule is Cc1ccc(S(=O)(=O)c2cnn(S(=O)(=O)c3ccc(C)cc3)c2-c2ccc3ccccc3c2)cc1. The fraction of sp³-hybridized carbons (Fsp3) is 0.0741. The van der Waals surface area contributed by atoms with Crippen LogP contribution in [0.4, 0.5) is 0 Å². The second-order valence-corrected chi connectivity index (χ2v) is 12.1. The summed E-state index contributed by atoms with van der Waals surface area (Å²) in [5, 5.41) is 5.90. The first-order valence-corrected chi connectivity index (χ1v) is 13.8. The minimum Gasteiger partial charge on any atom is -0.218 e. The topological polar surface area (TPSA) is 86.1 Å². The molecule has 0 radical (unpaired) electrons. The second kappa shape index (κ2) is 8.48. The van der Waals surface area contributed by atoms with Crippen LogP contribution in [0.25, 0.3) is 22.0 Å². The molecular formula is C27H22N2O4S2. The van der Waals surface area contributed by atoms with Gasteiger partial charge in [0.2, 0.25) is 9.84 Å². The van der Waals surface area contributed by atoms with Crippen molar-refractivity contribution in [2.24, 2.45) is 0 Å². The lowest BCUT2D eigenvalue weighted by molar-refractivity contribution is 0.581. The summed E-state index contributed by atoms with van der Waals surface area (Å²) in [6.07, 6.45) is 1.12. The highest BCUT2D eigenvalue weighted by molar-refractivity contribution is 7.92. The first-order valence-electron chi connectivity index (χ1n) is 10.9. The van der Waals surface area contributed by atoms with Gasteiger partial charge in [0.25, 0.3) is 10.0 Å². The van der Waals surface area contributed by atoms with E-state index in [9.17, 15) is 16.8 Å². The first-order chi connectivity index (χ1) is 16.7. The Balaban J connectivity index is 1.79. The second-order valence-electron chi connectivity index (χ2n) is 8.40. The summed E-state index contributed by atoms with van der Waals surface area (Å²) in [7, 11) is -8.24. The van der Waals surface area contributed by atoms with E-state index in [-0.39, 0.29) is 20.4 Å². The highest BCUT2D eigenvalue weighted by Gasteiger charge is 2.31. The number of sulfone groups is 1. The molecule has 5 rings (SSSR count). The van der Waals surface area contributed by atoms with E-state index in [1.165, 1.54) is 24.3 Å². The Morgan fingerprint density at radius 2 is 1.23 bits per heavy atom. The zero-order chi connectivity index (χ0) is 24.8. The molecule has 1 aromatic heterocycles. The van der Waals surface area contributed by atoms with Gasteiger partial charge in [-0.15, -0.1) is 0 Å². The van der Waals surface area contributed by atoms with Crippen molar-refractivity contribution in [2.75, 3.05) is 0 Å². The van der Waals surface area contributed by atoms with Gasteiger partial charge in [-0.3, -0.25) is 0 Å². The van der Waals surface area contributed by atoms with Gasteiger partial charge in [-0.2, -0.15) is 17.6 Å². The number of fused-ring (bicyclic) bond motifs is 1. The Hall–Kier alpha value is -3.75. The monoisotopic (exact) mass is 502 g/mol. The van der Waals surface area contributed by atoms with Gasteiger partial charge >= 0.3 is 0 Å². The van der Waals surface area contributed by atoms with Crippen LogP contribution in [-0.4, -0.2) is 26.0 Å². The largest absolute Gasteiger partial charge is 0.283 e. The molecule has 0 bridgehead atoms. The summed E-state index contributed by atoms with van der Waals surface area (Å²) in [4.78, 5) is -0.0859. The van der Waals surface area contributed by atoms with Crippen molar-refractivity contribution in [2.45, 2.75) is 28.5 Å². The van der Waals surface area contributed by atoms with Crippen LogP contribution in [0.1, 0.15) is 11.1 Å². The van der Waals surface area contributed by atoms with E-state index < -0.39 is 19.9 Å². The van der Waals surface area contributed by atoms with Crippen molar-refractivity contribution < 1.29 is 16.8 Å². The smallest absolute Gasteiger partial charge is 0.218 e. The lowest BCUT2D eigenvalue weighted by Gasteiger charge is -2.12. The summed E-state index contributed by atoms with van der Waals surface area (Å²) in [5.41, 5.74) is 2.25. The molecule has 0 amide bonds. The van der Waals surface area contributed by atoms with E-state index >= 15 is 0 Å². The molecule has 6 nitrogen and oxygen atoms in total. The van der Waals surface area contributed by atoms with E-state index in [0.717, 1.165) is 32.2 Å². The van der Waals surface area contributed by atoms with Gasteiger partial charge in [-0.25, -0.2) is 8.42 Å². The third-order valence-corrected chi connectivity index (χ3v) is 9.27. The van der Waals surface area contributed by atoms with Gasteiger partial charge in [0, 0.05) is 5.56 Å². The summed E-state index contributed by atoms with van der Waals surface area (Å²) in [6.45, 7) is 3.72. The molecule has 1 heterocycles. The predicted molar refractivity (Wildman–Crippen MR) is 136 cm³/mol. The van der Waals surface area contributed by atoms with E-state index in [1.54, 1.807) is 36.4 Å². The first kappa shape index (κ1) is 23.0. The Morgan fingerprint density at radius 1 is 0.657 bits per heavy atom. The minimum atomic E-state index is -4.18. The quantitative estimate of drug-likeness (QED) is 0.322. The Morgan fingerprint density at radius 3 is 1.86 bits per heavy atom. The molecule has 0 spiro atoms. The molecule has 0 fully saturated rings. The molecule has 176 valence electrons. The third-order valence-electron chi connectivity index (χ3n) is 5.89. The average molecular weight is 503 g/mol. The molecule has 0 aliphatic carbocycles. The molecule has 0 unspecified atom stereocenters. The summed E-state index contributed by atoms with van der Waals surface area (Å²) in [6, 6.07) is 25.7. The van der Waals surface area contributed by atoms with Crippen molar-refractivity contribution in [1.82, 2.24) is 9.19 Å². The summed E-state index contributed by atoms with van der Waals surface area (Å²) < 4.78 is 55.4. The lowest BCUT2D eigenvalue weighted by atomic mass is 10.1. The number of rotatable bonds is 5. The van der Waals surface area contributed by atoms with Crippen LogP contribution in [0.3, 0.4) is 0 Å². The molecule has 0 aliphatic heterocycles. The number of benzene rings is 4. The van der Waals surface area contributed by atoms with E-state index in [2.05, 4.69) is 5.10 Å². The normalized spacial score (nSPS) is 12.2. The fourth-order valence-electron chi connectivity index (χ4n) is 3.94. The van der Waals surface area contributed by atoms with E-state index in [0.29, 0.717) is 5.56 Å². The zero-order valence-electron chi connectivity index (χ0n) is 19.1. The van der Waals surface area contributed by atoms with Crippen LogP contribution in [0.15, 0.2) is 112 Å². The molecular weight excluding hydrogens is 480 g/mol. The van der Waals surface area contributed by atoms with Gasteiger partial charge in [-0.05, 0) is 55.0 Å². The van der Waals surface area contributed by atoms with Crippen LogP contribution in [0.2, 0.25) is 0 Å². The molecule has 8 heteroatoms. The molecule has 5 aromatic rings. The van der Waals surface area contributed by atoms with Gasteiger partial charge in [0.15, 0.2) is 0 Å². The standard InChI is InChI=1S/C27H22N2O4S2/c1-19-7-13-24(14-8-19)34(30,31)26-18-28-29(35(32,33)25-15-9-20(2)10-16-25)27(26)23-12-11-21-5-3-4-6-22(21)17-23/h3-18H,1-2H3. The maximum Gasteiger partial charge on any atom is 0.283 e. The number of nitrogens with zero attached hydrogens (tertiary/aromatic N) is 2. The summed E-state index contributed by atoms with van der Waals surface area (Å²) >= 11 is 0. The number of hydrogen-bond acceptors (Lipinski definition) is 5. The Bertz CT molecular complexity index is 1680. The molecule has 0 N–H and O–H groups in total. The Kier molecular flexibility index (Phi) is 5.57. The number of aryl methyl sites for hydroxylation is 2. The Labute approximate surface area is 204 Å². The van der Waals surface area contributed by atoms with Gasteiger partial charge in [0.1, 0.15) is 10.6 Å². The maximum atomic E-state index is 13.7. The summed E-state index contributed by atoms with van der Waals surface area (Å²) in [5.74, 6) is 0. The highest BCUT2D eigenvalue weighted by Crippen LogP contribution is 2.35. The maximum absolute atomic E-state index is 13.7. The number of aromatic nitrogens is 2. The molecule has 0 atom stereocenters. The zero-order valence-corrected chi connectivity index (χ0v) is 20.7. The van der Waals surface area contributed by atoms with Gasteiger partial charge < -0.3 is 0 Å². The average Bonchev–Trinajstić information content (AvgIpc) is 3.31. The number of hydrogen-bond donors (Lipinski definition) is 0. The third kappa shape index (κ3) is 4.05. The molecule has 0 saturated carbocycles. The van der Waals surface area contributed by atoms with Crippen LogP contribution >= 0.6 is 0 Å². The van der Waals surface area contributed by atoms with Gasteiger partial charge in [0.05, 0.1) is 16.0 Å². The molecule has 0 saturated heterocycles. The van der Waals surface area contributed by atoms with Crippen LogP contribution in [0.5, 0.6) is 0 Å². The van der Waals surface area contributed by atoms with Crippen LogP contribution in [0, 0.1) is 13.8 Å². The van der Waals surface area contributed by atoms with Crippen molar-refractivity contribution in [3.05, 3.63) is 108 Å². The lowest BCUT2D eigenvalue weighted by Crippen LogP contribution is -2.16. The van der Waals surface area contributed by atoms with Crippen LogP contribution < -0.4 is 0 Å². The van der Waals surface area contributed by atoms with E-state index in [1.807, 2.05) is 44.2 Å². The van der Waals surface area contributed by atoms with Gasteiger partial charge in [-0.1, -0.05) is 71.8 Å². The van der Waals surface area contributed by atoms with Crippen molar-refractivity contribution >= 4 is 30.6 Å². The van der Waals surface area contributed by atoms with E-state index in [4.69, 9.17) is 0 Å². The fourth-order valence-corrected chi connectivity index (χ4v) is 6.69. The molecule has 4 aromatic carbocycles. The molecule has 35 heavy (non-hydrogen) atoms.